The molecule has 3 aromatic carbocycles. The molecule has 0 bridgehead atoms. The van der Waals surface area contributed by atoms with Crippen molar-refractivity contribution in [2.24, 2.45) is 0 Å². The van der Waals surface area contributed by atoms with Gasteiger partial charge in [-0.25, -0.2) is 9.97 Å². The second kappa shape index (κ2) is 7.61. The van der Waals surface area contributed by atoms with Crippen LogP contribution in [0.2, 0.25) is 0 Å². The van der Waals surface area contributed by atoms with Crippen LogP contribution in [-0.2, 0) is 0 Å². The van der Waals surface area contributed by atoms with Gasteiger partial charge in [0.2, 0.25) is 5.95 Å². The molecule has 1 aromatic heterocycles. The zero-order valence-electron chi connectivity index (χ0n) is 15.9. The Balaban J connectivity index is 1.75. The first-order valence-corrected chi connectivity index (χ1v) is 9.27. The summed E-state index contributed by atoms with van der Waals surface area (Å²) in [6.07, 6.45) is 0. The van der Waals surface area contributed by atoms with Gasteiger partial charge in [-0.15, -0.1) is 0 Å². The van der Waals surface area contributed by atoms with Gasteiger partial charge in [0.1, 0.15) is 6.04 Å². The molecule has 4 rings (SSSR count). The van der Waals surface area contributed by atoms with E-state index in [2.05, 4.69) is 28.3 Å². The molecule has 4 aromatic rings. The van der Waals surface area contributed by atoms with Crippen molar-refractivity contribution in [2.75, 3.05) is 5.32 Å². The third kappa shape index (κ3) is 3.62. The summed E-state index contributed by atoms with van der Waals surface area (Å²) in [7, 11) is 0. The summed E-state index contributed by atoms with van der Waals surface area (Å²) >= 11 is 0. The van der Waals surface area contributed by atoms with Gasteiger partial charge < -0.3 is 5.32 Å². The van der Waals surface area contributed by atoms with E-state index in [0.29, 0.717) is 11.5 Å². The molecule has 0 saturated heterocycles. The molecule has 0 spiro atoms. The number of hydrogen-bond donors (Lipinski definition) is 1. The van der Waals surface area contributed by atoms with Crippen LogP contribution in [0.4, 0.5) is 5.95 Å². The maximum absolute atomic E-state index is 13.2. The first-order valence-electron chi connectivity index (χ1n) is 9.27. The Hall–Kier alpha value is -3.53. The normalized spacial score (nSPS) is 11.9. The molecule has 138 valence electrons. The minimum atomic E-state index is -0.564. The van der Waals surface area contributed by atoms with Crippen molar-refractivity contribution < 1.29 is 4.79 Å². The summed E-state index contributed by atoms with van der Waals surface area (Å²) in [5.74, 6) is 0.434. The Labute approximate surface area is 164 Å². The molecule has 28 heavy (non-hydrogen) atoms. The van der Waals surface area contributed by atoms with Crippen molar-refractivity contribution in [1.29, 1.82) is 0 Å². The molecule has 0 amide bonds. The SMILES string of the molecule is Cc1ccc2nc(NC(C(=O)c3ccccc3)c3ccccc3)nc(C)c2c1. The van der Waals surface area contributed by atoms with Crippen LogP contribution >= 0.6 is 0 Å². The van der Waals surface area contributed by atoms with Crippen molar-refractivity contribution in [3.63, 3.8) is 0 Å². The first-order chi connectivity index (χ1) is 13.6. The second-order valence-corrected chi connectivity index (χ2v) is 6.87. The van der Waals surface area contributed by atoms with E-state index in [1.54, 1.807) is 0 Å². The monoisotopic (exact) mass is 367 g/mol. The topological polar surface area (TPSA) is 54.9 Å². The van der Waals surface area contributed by atoms with Gasteiger partial charge in [-0.1, -0.05) is 72.3 Å². The van der Waals surface area contributed by atoms with E-state index >= 15 is 0 Å². The highest BCUT2D eigenvalue weighted by molar-refractivity contribution is 6.02. The van der Waals surface area contributed by atoms with Gasteiger partial charge in [-0.05, 0) is 31.5 Å². The molecule has 1 unspecified atom stereocenters. The Morgan fingerprint density at radius 2 is 1.54 bits per heavy atom. The standard InChI is InChI=1S/C24H21N3O/c1-16-13-14-21-20(15-16)17(2)25-24(26-21)27-22(18-9-5-3-6-10-18)23(28)19-11-7-4-8-12-19/h3-15,22H,1-2H3,(H,25,26,27). The van der Waals surface area contributed by atoms with Crippen molar-refractivity contribution in [3.8, 4) is 0 Å². The molecule has 0 radical (unpaired) electrons. The first kappa shape index (κ1) is 17.9. The summed E-state index contributed by atoms with van der Waals surface area (Å²) in [4.78, 5) is 22.5. The fraction of sp³-hybridized carbons (Fsp3) is 0.125. The molecular formula is C24H21N3O. The smallest absolute Gasteiger partial charge is 0.224 e. The lowest BCUT2D eigenvalue weighted by molar-refractivity contribution is 0.0969. The van der Waals surface area contributed by atoms with Gasteiger partial charge in [0.15, 0.2) is 5.78 Å². The number of aromatic nitrogens is 2. The average Bonchev–Trinajstić information content (AvgIpc) is 2.73. The van der Waals surface area contributed by atoms with E-state index in [-0.39, 0.29) is 5.78 Å². The summed E-state index contributed by atoms with van der Waals surface area (Å²) < 4.78 is 0. The van der Waals surface area contributed by atoms with Crippen molar-refractivity contribution in [3.05, 3.63) is 101 Å². The summed E-state index contributed by atoms with van der Waals surface area (Å²) in [5, 5.41) is 4.29. The zero-order valence-corrected chi connectivity index (χ0v) is 15.9. The molecule has 1 N–H and O–H groups in total. The van der Waals surface area contributed by atoms with Gasteiger partial charge in [-0.3, -0.25) is 4.79 Å². The van der Waals surface area contributed by atoms with E-state index in [1.807, 2.05) is 79.7 Å². The fourth-order valence-corrected chi connectivity index (χ4v) is 3.30. The number of fused-ring (bicyclic) bond motifs is 1. The molecule has 1 atom stereocenters. The Kier molecular flexibility index (Phi) is 4.85. The number of anilines is 1. The van der Waals surface area contributed by atoms with Crippen LogP contribution < -0.4 is 5.32 Å². The number of benzene rings is 3. The van der Waals surface area contributed by atoms with Gasteiger partial charge in [-0.2, -0.15) is 0 Å². The molecule has 0 saturated carbocycles. The van der Waals surface area contributed by atoms with E-state index in [0.717, 1.165) is 22.2 Å². The lowest BCUT2D eigenvalue weighted by Crippen LogP contribution is -2.22. The van der Waals surface area contributed by atoms with Crippen molar-refractivity contribution >= 4 is 22.6 Å². The molecule has 0 fully saturated rings. The minimum absolute atomic E-state index is 0.0166. The van der Waals surface area contributed by atoms with E-state index in [9.17, 15) is 4.79 Å². The Morgan fingerprint density at radius 3 is 2.25 bits per heavy atom. The summed E-state index contributed by atoms with van der Waals surface area (Å²) in [6, 6.07) is 24.5. The molecule has 0 aliphatic carbocycles. The average molecular weight is 367 g/mol. The van der Waals surface area contributed by atoms with Crippen LogP contribution in [0.25, 0.3) is 10.9 Å². The molecule has 1 heterocycles. The Morgan fingerprint density at radius 1 is 0.857 bits per heavy atom. The maximum Gasteiger partial charge on any atom is 0.224 e. The van der Waals surface area contributed by atoms with Gasteiger partial charge in [0.25, 0.3) is 0 Å². The van der Waals surface area contributed by atoms with E-state index < -0.39 is 6.04 Å². The zero-order chi connectivity index (χ0) is 19.5. The number of Topliss-reactive ketones (excluding diaryl/α,β-unsaturated/α-hetero) is 1. The number of nitrogens with one attached hydrogen (secondary N) is 1. The van der Waals surface area contributed by atoms with Gasteiger partial charge >= 0.3 is 0 Å². The number of carbonyl (C=O) groups is 1. The molecule has 4 heteroatoms. The number of hydrogen-bond acceptors (Lipinski definition) is 4. The summed E-state index contributed by atoms with van der Waals surface area (Å²) in [5.41, 5.74) is 4.44. The quantitative estimate of drug-likeness (QED) is 0.487. The van der Waals surface area contributed by atoms with Crippen molar-refractivity contribution in [1.82, 2.24) is 9.97 Å². The lowest BCUT2D eigenvalue weighted by Gasteiger charge is -2.19. The van der Waals surface area contributed by atoms with Crippen molar-refractivity contribution in [2.45, 2.75) is 19.9 Å². The van der Waals surface area contributed by atoms with Crippen LogP contribution in [0.3, 0.4) is 0 Å². The number of rotatable bonds is 5. The number of aryl methyl sites for hydroxylation is 2. The highest BCUT2D eigenvalue weighted by Gasteiger charge is 2.23. The molecular weight excluding hydrogens is 346 g/mol. The third-order valence-electron chi connectivity index (χ3n) is 4.77. The van der Waals surface area contributed by atoms with Crippen LogP contribution in [0.15, 0.2) is 78.9 Å². The fourth-order valence-electron chi connectivity index (χ4n) is 3.30. The lowest BCUT2D eigenvalue weighted by atomic mass is 9.97. The highest BCUT2D eigenvalue weighted by Crippen LogP contribution is 2.24. The van der Waals surface area contributed by atoms with Crippen LogP contribution in [-0.4, -0.2) is 15.8 Å². The van der Waals surface area contributed by atoms with E-state index in [1.165, 1.54) is 5.56 Å². The molecule has 4 nitrogen and oxygen atoms in total. The largest absolute Gasteiger partial charge is 0.340 e. The van der Waals surface area contributed by atoms with Crippen LogP contribution in [0.1, 0.15) is 33.2 Å². The predicted octanol–water partition coefficient (Wildman–Crippen LogP) is 5.28. The second-order valence-electron chi connectivity index (χ2n) is 6.87. The van der Waals surface area contributed by atoms with Gasteiger partial charge in [0.05, 0.1) is 11.2 Å². The summed E-state index contributed by atoms with van der Waals surface area (Å²) in [6.45, 7) is 4.01. The van der Waals surface area contributed by atoms with Crippen LogP contribution in [0.5, 0.6) is 0 Å². The predicted molar refractivity (Wildman–Crippen MR) is 113 cm³/mol. The number of ketones is 1. The molecule has 0 aliphatic heterocycles. The molecule has 0 aliphatic rings. The number of nitrogens with zero attached hydrogens (tertiary/aromatic N) is 2. The Bertz CT molecular complexity index is 1120. The van der Waals surface area contributed by atoms with Gasteiger partial charge in [0, 0.05) is 10.9 Å². The highest BCUT2D eigenvalue weighted by atomic mass is 16.1. The van der Waals surface area contributed by atoms with Crippen LogP contribution in [0, 0.1) is 13.8 Å². The minimum Gasteiger partial charge on any atom is -0.340 e. The third-order valence-corrected chi connectivity index (χ3v) is 4.77. The van der Waals surface area contributed by atoms with E-state index in [4.69, 9.17) is 0 Å². The number of carbonyl (C=O) groups excluding carboxylic acids is 1. The maximum atomic E-state index is 13.2.